The zero-order chi connectivity index (χ0) is 23.7. The van der Waals surface area contributed by atoms with Crippen molar-refractivity contribution < 1.29 is 4.79 Å². The fraction of sp³-hybridized carbons (Fsp3) is 0.536. The molecule has 1 saturated heterocycles. The Labute approximate surface area is 207 Å². The maximum Gasteiger partial charge on any atom is 0.267 e. The molecule has 0 N–H and O–H groups in total. The highest BCUT2D eigenvalue weighted by molar-refractivity contribution is 8.18. The third-order valence-corrected chi connectivity index (χ3v) is 8.52. The average Bonchev–Trinajstić information content (AvgIpc) is 3.30. The summed E-state index contributed by atoms with van der Waals surface area (Å²) in [5.74, 6) is 1.06. The number of hydrogen-bond acceptors (Lipinski definition) is 4. The number of carbonyl (C=O) groups excluding carboxylic acids is 1. The van der Waals surface area contributed by atoms with E-state index >= 15 is 0 Å². The second kappa shape index (κ2) is 10.1. The predicted octanol–water partition coefficient (Wildman–Crippen LogP) is 6.74. The topological polar surface area (TPSA) is 50.5 Å². The molecule has 0 spiro atoms. The summed E-state index contributed by atoms with van der Waals surface area (Å²) >= 11 is 1.59. The van der Waals surface area contributed by atoms with Crippen LogP contribution in [0.4, 0.5) is 0 Å². The summed E-state index contributed by atoms with van der Waals surface area (Å²) in [7, 11) is 0. The fourth-order valence-electron chi connectivity index (χ4n) is 5.62. The number of aryl methyl sites for hydroxylation is 2. The van der Waals surface area contributed by atoms with Crippen molar-refractivity contribution in [3.63, 3.8) is 0 Å². The molecule has 0 bridgehead atoms. The number of carbonyl (C=O) groups is 1. The molecule has 3 aliphatic rings. The number of aromatic nitrogens is 2. The van der Waals surface area contributed by atoms with Gasteiger partial charge in [-0.2, -0.15) is 0 Å². The van der Waals surface area contributed by atoms with Crippen LogP contribution in [0, 0.1) is 20.8 Å². The van der Waals surface area contributed by atoms with E-state index < -0.39 is 0 Å². The summed E-state index contributed by atoms with van der Waals surface area (Å²) < 4.78 is 2.17. The van der Waals surface area contributed by atoms with Crippen LogP contribution in [-0.4, -0.2) is 37.6 Å². The molecule has 3 fully saturated rings. The molecular formula is C28H36N4OS. The Kier molecular flexibility index (Phi) is 6.96. The molecule has 1 amide bonds. The van der Waals surface area contributed by atoms with Crippen molar-refractivity contribution in [2.75, 3.05) is 0 Å². The summed E-state index contributed by atoms with van der Waals surface area (Å²) in [6.07, 6.45) is 16.0. The first-order valence-corrected chi connectivity index (χ1v) is 13.8. The van der Waals surface area contributed by atoms with Crippen molar-refractivity contribution in [3.05, 3.63) is 51.8 Å². The van der Waals surface area contributed by atoms with Crippen molar-refractivity contribution in [1.82, 2.24) is 14.5 Å². The highest BCUT2D eigenvalue weighted by atomic mass is 32.2. The third kappa shape index (κ3) is 4.74. The summed E-state index contributed by atoms with van der Waals surface area (Å²) in [5.41, 5.74) is 4.46. The minimum atomic E-state index is 0.143. The van der Waals surface area contributed by atoms with Crippen molar-refractivity contribution in [3.8, 4) is 5.82 Å². The van der Waals surface area contributed by atoms with E-state index in [-0.39, 0.29) is 5.91 Å². The lowest BCUT2D eigenvalue weighted by Crippen LogP contribution is -2.41. The standard InChI is InChI=1S/C28H36N4OS/c1-19-14-15-26(29-18-19)31-20(2)16-22(21(31)3)17-25-27(33)32(24-12-8-5-9-13-24)28(34-25)30-23-10-6-4-7-11-23/h14-18,23-24H,4-13H2,1-3H3. The van der Waals surface area contributed by atoms with Gasteiger partial charge in [-0.05, 0) is 87.6 Å². The maximum absolute atomic E-state index is 13.7. The Balaban J connectivity index is 1.48. The Bertz CT molecular complexity index is 1100. The van der Waals surface area contributed by atoms with Crippen LogP contribution in [0.25, 0.3) is 11.9 Å². The molecule has 2 aliphatic carbocycles. The molecule has 6 heteroatoms. The van der Waals surface area contributed by atoms with Gasteiger partial charge in [-0.1, -0.05) is 44.6 Å². The minimum absolute atomic E-state index is 0.143. The van der Waals surface area contributed by atoms with Gasteiger partial charge < -0.3 is 4.57 Å². The number of hydrogen-bond donors (Lipinski definition) is 0. The predicted molar refractivity (Wildman–Crippen MR) is 141 cm³/mol. The van der Waals surface area contributed by atoms with Gasteiger partial charge in [0.1, 0.15) is 5.82 Å². The Morgan fingerprint density at radius 1 is 1.00 bits per heavy atom. The van der Waals surface area contributed by atoms with Gasteiger partial charge in [0.25, 0.3) is 5.91 Å². The number of pyridine rings is 1. The number of aliphatic imine (C=N–C) groups is 1. The van der Waals surface area contributed by atoms with Gasteiger partial charge in [-0.15, -0.1) is 0 Å². The van der Waals surface area contributed by atoms with Crippen molar-refractivity contribution in [2.24, 2.45) is 4.99 Å². The zero-order valence-electron chi connectivity index (χ0n) is 20.7. The third-order valence-electron chi connectivity index (χ3n) is 7.53. The largest absolute Gasteiger partial charge is 0.303 e. The van der Waals surface area contributed by atoms with E-state index in [0.29, 0.717) is 12.1 Å². The normalized spacial score (nSPS) is 22.9. The number of thioether (sulfide) groups is 1. The van der Waals surface area contributed by atoms with Crippen molar-refractivity contribution >= 4 is 28.9 Å². The van der Waals surface area contributed by atoms with Gasteiger partial charge in [0.05, 0.1) is 10.9 Å². The lowest BCUT2D eigenvalue weighted by Gasteiger charge is -2.31. The molecule has 2 saturated carbocycles. The van der Waals surface area contributed by atoms with Gasteiger partial charge in [-0.25, -0.2) is 4.98 Å². The van der Waals surface area contributed by atoms with Crippen LogP contribution < -0.4 is 0 Å². The number of amidine groups is 1. The number of amides is 1. The van der Waals surface area contributed by atoms with E-state index in [1.54, 1.807) is 11.8 Å². The number of nitrogens with zero attached hydrogens (tertiary/aromatic N) is 4. The first-order valence-electron chi connectivity index (χ1n) is 12.9. The molecule has 0 atom stereocenters. The zero-order valence-corrected chi connectivity index (χ0v) is 21.5. The smallest absolute Gasteiger partial charge is 0.267 e. The molecule has 2 aromatic heterocycles. The molecule has 0 radical (unpaired) electrons. The molecule has 5 rings (SSSR count). The van der Waals surface area contributed by atoms with Gasteiger partial charge in [0, 0.05) is 23.6 Å². The van der Waals surface area contributed by atoms with Gasteiger partial charge in [0.15, 0.2) is 5.17 Å². The van der Waals surface area contributed by atoms with E-state index in [1.807, 2.05) is 6.20 Å². The minimum Gasteiger partial charge on any atom is -0.303 e. The van der Waals surface area contributed by atoms with Gasteiger partial charge in [0.2, 0.25) is 0 Å². The van der Waals surface area contributed by atoms with Crippen LogP contribution in [0.5, 0.6) is 0 Å². The van der Waals surface area contributed by atoms with E-state index in [4.69, 9.17) is 4.99 Å². The molecule has 5 nitrogen and oxygen atoms in total. The first-order chi connectivity index (χ1) is 16.5. The van der Waals surface area contributed by atoms with E-state index in [2.05, 4.69) is 59.5 Å². The second-order valence-electron chi connectivity index (χ2n) is 10.1. The number of rotatable bonds is 4. The molecule has 3 heterocycles. The average molecular weight is 477 g/mol. The van der Waals surface area contributed by atoms with Crippen molar-refractivity contribution in [1.29, 1.82) is 0 Å². The Morgan fingerprint density at radius 2 is 1.71 bits per heavy atom. The molecule has 180 valence electrons. The van der Waals surface area contributed by atoms with E-state index in [0.717, 1.165) is 64.1 Å². The highest BCUT2D eigenvalue weighted by Gasteiger charge is 2.39. The molecule has 0 aromatic carbocycles. The summed E-state index contributed by atoms with van der Waals surface area (Å²) in [6.45, 7) is 6.26. The molecule has 0 unspecified atom stereocenters. The highest BCUT2D eigenvalue weighted by Crippen LogP contribution is 2.39. The molecule has 34 heavy (non-hydrogen) atoms. The van der Waals surface area contributed by atoms with Crippen LogP contribution in [0.15, 0.2) is 34.3 Å². The van der Waals surface area contributed by atoms with E-state index in [9.17, 15) is 4.79 Å². The maximum atomic E-state index is 13.7. The molecule has 1 aliphatic heterocycles. The Hall–Kier alpha value is -2.34. The summed E-state index contributed by atoms with van der Waals surface area (Å²) in [6, 6.07) is 6.98. The van der Waals surface area contributed by atoms with Crippen LogP contribution in [0.3, 0.4) is 0 Å². The van der Waals surface area contributed by atoms with E-state index in [1.165, 1.54) is 38.5 Å². The van der Waals surface area contributed by atoms with Gasteiger partial charge in [-0.3, -0.25) is 14.7 Å². The second-order valence-corrected chi connectivity index (χ2v) is 11.1. The van der Waals surface area contributed by atoms with Crippen molar-refractivity contribution in [2.45, 2.75) is 97.1 Å². The van der Waals surface area contributed by atoms with Gasteiger partial charge >= 0.3 is 0 Å². The van der Waals surface area contributed by atoms with Crippen LogP contribution in [-0.2, 0) is 4.79 Å². The van der Waals surface area contributed by atoms with Crippen LogP contribution in [0.1, 0.15) is 86.7 Å². The van der Waals surface area contributed by atoms with Crippen LogP contribution in [0.2, 0.25) is 0 Å². The quantitative estimate of drug-likeness (QED) is 0.459. The summed E-state index contributed by atoms with van der Waals surface area (Å²) in [5, 5.41) is 0.948. The Morgan fingerprint density at radius 3 is 2.38 bits per heavy atom. The molecule has 2 aromatic rings. The monoisotopic (exact) mass is 476 g/mol. The first kappa shape index (κ1) is 23.4. The summed E-state index contributed by atoms with van der Waals surface area (Å²) in [4.78, 5) is 26.4. The SMILES string of the molecule is Cc1ccc(-n2c(C)cc(C=C3SC(=NC4CCCCC4)N(C4CCCCC4)C3=O)c2C)nc1. The lowest BCUT2D eigenvalue weighted by atomic mass is 9.94. The fourth-order valence-corrected chi connectivity index (χ4v) is 6.72. The molecular weight excluding hydrogens is 440 g/mol. The van der Waals surface area contributed by atoms with Crippen LogP contribution >= 0.6 is 11.8 Å². The lowest BCUT2D eigenvalue weighted by molar-refractivity contribution is -0.124.